The lowest BCUT2D eigenvalue weighted by atomic mass is 10.1. The number of rotatable bonds is 4. The molecule has 3 nitrogen and oxygen atoms in total. The van der Waals surface area contributed by atoms with Crippen LogP contribution in [-0.2, 0) is 11.3 Å². The number of ether oxygens (including phenoxy) is 1. The van der Waals surface area contributed by atoms with Crippen molar-refractivity contribution < 1.29 is 9.84 Å². The minimum absolute atomic E-state index is 0.230. The summed E-state index contributed by atoms with van der Waals surface area (Å²) in [6.07, 6.45) is 1.08. The van der Waals surface area contributed by atoms with Crippen molar-refractivity contribution in [1.82, 2.24) is 4.90 Å². The van der Waals surface area contributed by atoms with Crippen LogP contribution in [0.25, 0.3) is 0 Å². The van der Waals surface area contributed by atoms with Gasteiger partial charge in [0.15, 0.2) is 0 Å². The second kappa shape index (κ2) is 6.15. The lowest BCUT2D eigenvalue weighted by molar-refractivity contribution is -0.0638. The summed E-state index contributed by atoms with van der Waals surface area (Å²) in [7, 11) is 0. The Morgan fingerprint density at radius 3 is 2.82 bits per heavy atom. The topological polar surface area (TPSA) is 32.7 Å². The van der Waals surface area contributed by atoms with E-state index in [1.54, 1.807) is 0 Å². The summed E-state index contributed by atoms with van der Waals surface area (Å²) in [5, 5.41) is 9.09. The largest absolute Gasteiger partial charge is 0.396 e. The summed E-state index contributed by atoms with van der Waals surface area (Å²) < 4.78 is 5.66. The van der Waals surface area contributed by atoms with Crippen molar-refractivity contribution >= 4 is 0 Å². The van der Waals surface area contributed by atoms with Crippen LogP contribution < -0.4 is 0 Å². The quantitative estimate of drug-likeness (QED) is 0.861. The van der Waals surface area contributed by atoms with Gasteiger partial charge in [-0.05, 0) is 18.9 Å². The van der Waals surface area contributed by atoms with Crippen LogP contribution in [0.1, 0.15) is 18.9 Å². The minimum Gasteiger partial charge on any atom is -0.396 e. The number of hydrogen-bond acceptors (Lipinski definition) is 3. The number of aliphatic hydroxyl groups excluding tert-OH is 1. The summed E-state index contributed by atoms with van der Waals surface area (Å²) >= 11 is 0. The van der Waals surface area contributed by atoms with Crippen molar-refractivity contribution in [1.29, 1.82) is 0 Å². The van der Waals surface area contributed by atoms with E-state index in [-0.39, 0.29) is 12.7 Å². The Hall–Kier alpha value is -0.900. The zero-order chi connectivity index (χ0) is 12.1. The van der Waals surface area contributed by atoms with E-state index in [0.717, 1.165) is 26.1 Å². The molecule has 1 aliphatic heterocycles. The highest BCUT2D eigenvalue weighted by Crippen LogP contribution is 2.17. The molecule has 1 aromatic rings. The lowest BCUT2D eigenvalue weighted by Gasteiger charge is -2.38. The third kappa shape index (κ3) is 3.53. The molecule has 0 radical (unpaired) electrons. The second-order valence-corrected chi connectivity index (χ2v) is 4.73. The predicted octanol–water partition coefficient (Wildman–Crippen LogP) is 1.66. The molecule has 1 N–H and O–H groups in total. The Labute approximate surface area is 103 Å². The standard InChI is InChI=1S/C14H21NO2/c1-12-9-15(14(7-8-16)11-17-12)10-13-5-3-2-4-6-13/h2-6,12,14,16H,7-11H2,1H3/t12-,14+/m1/s1. The van der Waals surface area contributed by atoms with E-state index in [9.17, 15) is 0 Å². The second-order valence-electron chi connectivity index (χ2n) is 4.73. The van der Waals surface area contributed by atoms with Crippen LogP contribution >= 0.6 is 0 Å². The summed E-state index contributed by atoms with van der Waals surface area (Å²) in [4.78, 5) is 2.42. The molecule has 94 valence electrons. The van der Waals surface area contributed by atoms with Gasteiger partial charge in [0.05, 0.1) is 12.7 Å². The normalized spacial score (nSPS) is 26.0. The molecule has 0 bridgehead atoms. The molecule has 0 amide bonds. The van der Waals surface area contributed by atoms with Crippen LogP contribution in [0.4, 0.5) is 0 Å². The summed E-state index contributed by atoms with van der Waals surface area (Å²) in [6.45, 7) is 4.95. The first-order valence-corrected chi connectivity index (χ1v) is 6.30. The fraction of sp³-hybridized carbons (Fsp3) is 0.571. The monoisotopic (exact) mass is 235 g/mol. The van der Waals surface area contributed by atoms with Crippen LogP contribution in [0.15, 0.2) is 30.3 Å². The Morgan fingerprint density at radius 1 is 1.35 bits per heavy atom. The molecule has 3 heteroatoms. The van der Waals surface area contributed by atoms with E-state index in [1.165, 1.54) is 5.56 Å². The highest BCUT2D eigenvalue weighted by Gasteiger charge is 2.26. The molecule has 0 saturated carbocycles. The molecule has 0 spiro atoms. The predicted molar refractivity (Wildman–Crippen MR) is 67.8 cm³/mol. The first-order chi connectivity index (χ1) is 8.29. The molecule has 1 heterocycles. The summed E-state index contributed by atoms with van der Waals surface area (Å²) in [6, 6.07) is 10.8. The van der Waals surface area contributed by atoms with Crippen LogP contribution in [0.3, 0.4) is 0 Å². The Kier molecular flexibility index (Phi) is 4.54. The van der Waals surface area contributed by atoms with Crippen LogP contribution in [0, 0.1) is 0 Å². The van der Waals surface area contributed by atoms with E-state index in [1.807, 2.05) is 6.07 Å². The zero-order valence-electron chi connectivity index (χ0n) is 10.4. The van der Waals surface area contributed by atoms with E-state index in [0.29, 0.717) is 6.04 Å². The van der Waals surface area contributed by atoms with Crippen molar-refractivity contribution in [3.05, 3.63) is 35.9 Å². The number of hydrogen-bond donors (Lipinski definition) is 1. The molecule has 0 aromatic heterocycles. The molecule has 2 atom stereocenters. The first-order valence-electron chi connectivity index (χ1n) is 6.30. The van der Waals surface area contributed by atoms with Gasteiger partial charge >= 0.3 is 0 Å². The maximum atomic E-state index is 9.09. The maximum absolute atomic E-state index is 9.09. The van der Waals surface area contributed by atoms with Gasteiger partial charge in [-0.15, -0.1) is 0 Å². The highest BCUT2D eigenvalue weighted by atomic mass is 16.5. The van der Waals surface area contributed by atoms with Crippen molar-refractivity contribution in [2.24, 2.45) is 0 Å². The number of aliphatic hydroxyl groups is 1. The van der Waals surface area contributed by atoms with E-state index < -0.39 is 0 Å². The maximum Gasteiger partial charge on any atom is 0.0674 e. The zero-order valence-corrected chi connectivity index (χ0v) is 10.4. The Bertz CT molecular complexity index is 328. The van der Waals surface area contributed by atoms with Gasteiger partial charge in [0, 0.05) is 25.7 Å². The molecule has 1 fully saturated rings. The molecule has 2 rings (SSSR count). The molecule has 0 aliphatic carbocycles. The van der Waals surface area contributed by atoms with Crippen molar-refractivity contribution in [2.75, 3.05) is 19.8 Å². The van der Waals surface area contributed by atoms with E-state index >= 15 is 0 Å². The molecular formula is C14H21NO2. The van der Waals surface area contributed by atoms with Crippen LogP contribution in [0.2, 0.25) is 0 Å². The van der Waals surface area contributed by atoms with Gasteiger partial charge in [0.2, 0.25) is 0 Å². The lowest BCUT2D eigenvalue weighted by Crippen LogP contribution is -2.48. The molecule has 0 unspecified atom stereocenters. The van der Waals surface area contributed by atoms with Crippen LogP contribution in [-0.4, -0.2) is 41.9 Å². The van der Waals surface area contributed by atoms with Crippen molar-refractivity contribution in [3.63, 3.8) is 0 Å². The van der Waals surface area contributed by atoms with E-state index in [2.05, 4.69) is 36.1 Å². The van der Waals surface area contributed by atoms with Crippen molar-refractivity contribution in [3.8, 4) is 0 Å². The van der Waals surface area contributed by atoms with Gasteiger partial charge in [0.25, 0.3) is 0 Å². The highest BCUT2D eigenvalue weighted by molar-refractivity contribution is 5.14. The van der Waals surface area contributed by atoms with Gasteiger partial charge in [0.1, 0.15) is 0 Å². The molecule has 1 aromatic carbocycles. The average Bonchev–Trinajstić information content (AvgIpc) is 2.34. The Balaban J connectivity index is 1.99. The smallest absolute Gasteiger partial charge is 0.0674 e. The third-order valence-electron chi connectivity index (χ3n) is 3.27. The number of benzene rings is 1. The molecule has 1 saturated heterocycles. The molecule has 17 heavy (non-hydrogen) atoms. The average molecular weight is 235 g/mol. The SMILES string of the molecule is C[C@@H]1CN(Cc2ccccc2)[C@@H](CCO)CO1. The van der Waals surface area contributed by atoms with Gasteiger partial charge in [-0.25, -0.2) is 0 Å². The molecule has 1 aliphatic rings. The van der Waals surface area contributed by atoms with Gasteiger partial charge in [-0.1, -0.05) is 30.3 Å². The van der Waals surface area contributed by atoms with Crippen LogP contribution in [0.5, 0.6) is 0 Å². The minimum atomic E-state index is 0.230. The number of morpholine rings is 1. The summed E-state index contributed by atoms with van der Waals surface area (Å²) in [5.74, 6) is 0. The fourth-order valence-electron chi connectivity index (χ4n) is 2.34. The molecular weight excluding hydrogens is 214 g/mol. The van der Waals surface area contributed by atoms with E-state index in [4.69, 9.17) is 9.84 Å². The van der Waals surface area contributed by atoms with Gasteiger partial charge < -0.3 is 9.84 Å². The van der Waals surface area contributed by atoms with Gasteiger partial charge in [-0.2, -0.15) is 0 Å². The third-order valence-corrected chi connectivity index (χ3v) is 3.27. The van der Waals surface area contributed by atoms with Gasteiger partial charge in [-0.3, -0.25) is 4.90 Å². The Morgan fingerprint density at radius 2 is 2.12 bits per heavy atom. The number of nitrogens with zero attached hydrogens (tertiary/aromatic N) is 1. The first kappa shape index (κ1) is 12.6. The fourth-order valence-corrected chi connectivity index (χ4v) is 2.34. The summed E-state index contributed by atoms with van der Waals surface area (Å²) in [5.41, 5.74) is 1.32. The van der Waals surface area contributed by atoms with Crippen molar-refractivity contribution in [2.45, 2.75) is 32.0 Å².